The van der Waals surface area contributed by atoms with Crippen molar-refractivity contribution in [3.63, 3.8) is 0 Å². The van der Waals surface area contributed by atoms with E-state index in [2.05, 4.69) is 79.8 Å². The molecule has 1 heterocycles. The molecule has 0 radical (unpaired) electrons. The smallest absolute Gasteiger partial charge is 0.333 e. The lowest BCUT2D eigenvalue weighted by molar-refractivity contribution is -0.139. The maximum atomic E-state index is 14.0. The fraction of sp³-hybridized carbons (Fsp3) is 0.459. The molecule has 1 unspecified atom stereocenters. The van der Waals surface area contributed by atoms with Crippen LogP contribution in [-0.2, 0) is 30.6 Å². The molecule has 222 valence electrons. The summed E-state index contributed by atoms with van der Waals surface area (Å²) in [5, 5.41) is 0. The highest BCUT2D eigenvalue weighted by Crippen LogP contribution is 2.53. The number of ether oxygens (including phenoxy) is 2. The normalized spacial score (nSPS) is 16.8. The molecule has 0 spiro atoms. The molecule has 2 aromatic rings. The van der Waals surface area contributed by atoms with Gasteiger partial charge in [0.15, 0.2) is 0 Å². The van der Waals surface area contributed by atoms with Crippen LogP contribution < -0.4 is 4.74 Å². The van der Waals surface area contributed by atoms with Crippen molar-refractivity contribution in [2.24, 2.45) is 0 Å². The third kappa shape index (κ3) is 7.09. The first-order valence-electron chi connectivity index (χ1n) is 14.4. The Balaban J connectivity index is 0.000000745. The third-order valence-electron chi connectivity index (χ3n) is 7.98. The molecule has 1 aliphatic heterocycles. The van der Waals surface area contributed by atoms with E-state index >= 15 is 0 Å². The van der Waals surface area contributed by atoms with Crippen LogP contribution in [0.15, 0.2) is 66.3 Å². The number of fused-ring (bicyclic) bond motifs is 1. The molecule has 1 atom stereocenters. The first kappa shape index (κ1) is 33.8. The molecule has 0 fully saturated rings. The van der Waals surface area contributed by atoms with Gasteiger partial charge in [0.2, 0.25) is 0 Å². The predicted molar refractivity (Wildman–Crippen MR) is 171 cm³/mol. The summed E-state index contributed by atoms with van der Waals surface area (Å²) >= 11 is 0. The average Bonchev–Trinajstić information content (AvgIpc) is 3.15. The summed E-state index contributed by atoms with van der Waals surface area (Å²) in [4.78, 5) is 26.6. The zero-order valence-corrected chi connectivity index (χ0v) is 27.4. The van der Waals surface area contributed by atoms with Crippen LogP contribution in [0, 0.1) is 13.8 Å². The van der Waals surface area contributed by atoms with Gasteiger partial charge < -0.3 is 9.47 Å². The summed E-state index contributed by atoms with van der Waals surface area (Å²) < 4.78 is 11.3. The van der Waals surface area contributed by atoms with Crippen LogP contribution in [0.25, 0.3) is 0 Å². The topological polar surface area (TPSA) is 52.6 Å². The van der Waals surface area contributed by atoms with Crippen molar-refractivity contribution in [2.75, 3.05) is 6.61 Å². The zero-order chi connectivity index (χ0) is 31.5. The second kappa shape index (κ2) is 12.6. The minimum Gasteiger partial charge on any atom is -0.463 e. The largest absolute Gasteiger partial charge is 0.463 e. The van der Waals surface area contributed by atoms with Crippen molar-refractivity contribution < 1.29 is 19.1 Å². The van der Waals surface area contributed by atoms with Crippen LogP contribution in [0.3, 0.4) is 0 Å². The quantitative estimate of drug-likeness (QED) is 0.153. The van der Waals surface area contributed by atoms with Crippen LogP contribution in [0.1, 0.15) is 109 Å². The maximum Gasteiger partial charge on any atom is 0.333 e. The van der Waals surface area contributed by atoms with E-state index in [-0.39, 0.29) is 35.4 Å². The Labute approximate surface area is 248 Å². The molecule has 2 aromatic carbocycles. The Kier molecular flexibility index (Phi) is 10.4. The van der Waals surface area contributed by atoms with E-state index in [9.17, 15) is 9.59 Å². The van der Waals surface area contributed by atoms with Crippen LogP contribution in [0.5, 0.6) is 5.75 Å². The average molecular weight is 559 g/mol. The van der Waals surface area contributed by atoms with Gasteiger partial charge in [0.05, 0.1) is 6.61 Å². The Bertz CT molecular complexity index is 1370. The minimum atomic E-state index is -1.18. The number of allylic oxidation sites excluding steroid dienone is 3. The van der Waals surface area contributed by atoms with Gasteiger partial charge in [-0.2, -0.15) is 0 Å². The molecule has 3 rings (SSSR count). The van der Waals surface area contributed by atoms with Crippen molar-refractivity contribution in [3.8, 4) is 5.75 Å². The Morgan fingerprint density at radius 3 is 2.07 bits per heavy atom. The van der Waals surface area contributed by atoms with E-state index in [0.717, 1.165) is 39.0 Å². The van der Waals surface area contributed by atoms with Gasteiger partial charge in [-0.3, -0.25) is 4.79 Å². The molecule has 0 N–H and O–H groups in total. The lowest BCUT2D eigenvalue weighted by Gasteiger charge is -2.32. The Morgan fingerprint density at radius 1 is 1.00 bits per heavy atom. The lowest BCUT2D eigenvalue weighted by atomic mass is 9.67. The van der Waals surface area contributed by atoms with Gasteiger partial charge in [-0.05, 0) is 74.6 Å². The predicted octanol–water partition coefficient (Wildman–Crippen LogP) is 9.14. The highest BCUT2D eigenvalue weighted by Gasteiger charge is 2.54. The first-order chi connectivity index (χ1) is 18.8. The molecule has 4 nitrogen and oxygen atoms in total. The molecule has 0 aromatic heterocycles. The summed E-state index contributed by atoms with van der Waals surface area (Å²) in [7, 11) is 0. The second-order valence-electron chi connectivity index (χ2n) is 13.2. The van der Waals surface area contributed by atoms with E-state index in [1.54, 1.807) is 6.92 Å². The number of hydrogen-bond donors (Lipinski definition) is 0. The van der Waals surface area contributed by atoms with Crippen molar-refractivity contribution in [2.45, 2.75) is 106 Å². The van der Waals surface area contributed by atoms with E-state index in [4.69, 9.17) is 9.47 Å². The van der Waals surface area contributed by atoms with E-state index in [0.29, 0.717) is 5.75 Å². The molecule has 0 saturated carbocycles. The summed E-state index contributed by atoms with van der Waals surface area (Å²) in [6.07, 6.45) is 2.15. The number of rotatable bonds is 6. The number of esters is 2. The second-order valence-corrected chi connectivity index (χ2v) is 13.2. The maximum absolute atomic E-state index is 14.0. The zero-order valence-electron chi connectivity index (χ0n) is 27.4. The molecule has 0 aliphatic carbocycles. The number of carbonyl (C=O) groups excluding carboxylic acids is 2. The molecule has 0 amide bonds. The summed E-state index contributed by atoms with van der Waals surface area (Å²) in [5.41, 5.74) is 6.92. The fourth-order valence-electron chi connectivity index (χ4n) is 4.94. The lowest BCUT2D eigenvalue weighted by Crippen LogP contribution is -2.37. The van der Waals surface area contributed by atoms with Crippen molar-refractivity contribution in [3.05, 3.63) is 99.7 Å². The van der Waals surface area contributed by atoms with Crippen molar-refractivity contribution in [1.29, 1.82) is 0 Å². The van der Waals surface area contributed by atoms with Crippen molar-refractivity contribution >= 4 is 11.9 Å². The molecule has 41 heavy (non-hydrogen) atoms. The number of carbonyl (C=O) groups is 2. The van der Waals surface area contributed by atoms with Crippen LogP contribution in [-0.4, -0.2) is 18.5 Å². The first-order valence-corrected chi connectivity index (χ1v) is 14.4. The van der Waals surface area contributed by atoms with Crippen LogP contribution in [0.4, 0.5) is 0 Å². The van der Waals surface area contributed by atoms with Gasteiger partial charge in [0.25, 0.3) is 0 Å². The van der Waals surface area contributed by atoms with E-state index < -0.39 is 11.4 Å². The standard InChI is InChI=1S/C30H38O4.C7H12/c1-11-33-26(31)19(3)17-30(22-14-12-13-18(2)20(22)4)24-16-21(28(5,6)7)15-23(29(8,9)10)25(24)34-27(30)32;1-5-7(4)6(2)3/h12-16H,3,11,17H2,1-2,4-10H3;5H,2H2,1,3-4H3/b;7-5-. The number of aryl methyl sites for hydroxylation is 1. The Hall–Kier alpha value is -3.40. The summed E-state index contributed by atoms with van der Waals surface area (Å²) in [6.45, 7) is 32.8. The van der Waals surface area contributed by atoms with Crippen LogP contribution >= 0.6 is 0 Å². The van der Waals surface area contributed by atoms with Gasteiger partial charge in [-0.25, -0.2) is 4.79 Å². The SMILES string of the molecule is C=C(C)/C(C)=C\C.C=C(CC1(c2cccc(C)c2C)C(=O)Oc2c(C(C)(C)C)cc(C(C)(C)C)cc21)C(=O)OCC. The van der Waals surface area contributed by atoms with Crippen molar-refractivity contribution in [1.82, 2.24) is 0 Å². The molecule has 1 aliphatic rings. The van der Waals surface area contributed by atoms with E-state index in [1.165, 1.54) is 5.57 Å². The minimum absolute atomic E-state index is 0.0964. The highest BCUT2D eigenvalue weighted by atomic mass is 16.5. The number of hydrogen-bond acceptors (Lipinski definition) is 4. The van der Waals surface area contributed by atoms with Gasteiger partial charge in [-0.1, -0.05) is 102 Å². The summed E-state index contributed by atoms with van der Waals surface area (Å²) in [5.74, 6) is -0.266. The third-order valence-corrected chi connectivity index (χ3v) is 7.98. The Morgan fingerprint density at radius 2 is 1.61 bits per heavy atom. The van der Waals surface area contributed by atoms with Gasteiger partial charge in [0.1, 0.15) is 11.2 Å². The summed E-state index contributed by atoms with van der Waals surface area (Å²) in [6, 6.07) is 10.2. The van der Waals surface area contributed by atoms with E-state index in [1.807, 2.05) is 45.9 Å². The van der Waals surface area contributed by atoms with Gasteiger partial charge >= 0.3 is 11.9 Å². The van der Waals surface area contributed by atoms with Crippen LogP contribution in [0.2, 0.25) is 0 Å². The molecule has 0 saturated heterocycles. The fourth-order valence-corrected chi connectivity index (χ4v) is 4.94. The molecular weight excluding hydrogens is 508 g/mol. The molecular formula is C37H50O4. The van der Waals surface area contributed by atoms with Gasteiger partial charge in [-0.15, -0.1) is 0 Å². The number of benzene rings is 2. The molecule has 4 heteroatoms. The van der Waals surface area contributed by atoms with Gasteiger partial charge in [0, 0.05) is 23.1 Å². The molecule has 0 bridgehead atoms. The highest BCUT2D eigenvalue weighted by molar-refractivity contribution is 5.98. The monoisotopic (exact) mass is 558 g/mol.